The summed E-state index contributed by atoms with van der Waals surface area (Å²) in [7, 11) is 0. The Morgan fingerprint density at radius 3 is 3.20 bits per heavy atom. The van der Waals surface area contributed by atoms with E-state index >= 15 is 0 Å². The molecule has 15 heavy (non-hydrogen) atoms. The van der Waals surface area contributed by atoms with E-state index in [1.165, 1.54) is 0 Å². The predicted octanol–water partition coefficient (Wildman–Crippen LogP) is 1.26. The quantitative estimate of drug-likeness (QED) is 0.749. The first-order chi connectivity index (χ1) is 7.34. The number of aliphatic imine (C=N–C) groups is 1. The zero-order chi connectivity index (χ0) is 10.3. The monoisotopic (exact) mass is 204 g/mol. The summed E-state index contributed by atoms with van der Waals surface area (Å²) in [5, 5.41) is 9.35. The number of fused-ring (bicyclic) bond motifs is 1. The van der Waals surface area contributed by atoms with Gasteiger partial charge in [0.25, 0.3) is 0 Å². The predicted molar refractivity (Wildman–Crippen MR) is 55.7 cm³/mol. The number of rotatable bonds is 1. The van der Waals surface area contributed by atoms with Gasteiger partial charge in [0.05, 0.1) is 19.5 Å². The normalized spacial score (nSPS) is 23.5. The highest BCUT2D eigenvalue weighted by Crippen LogP contribution is 2.34. The van der Waals surface area contributed by atoms with Crippen molar-refractivity contribution in [2.45, 2.75) is 12.8 Å². The van der Waals surface area contributed by atoms with Crippen LogP contribution in [0, 0.1) is 0 Å². The first-order valence-electron chi connectivity index (χ1n) is 5.04. The number of hydrogen-bond donors (Lipinski definition) is 1. The number of phenolic OH excluding ortho intramolecular Hbond substituents is 1. The van der Waals surface area contributed by atoms with Crippen molar-refractivity contribution in [3.63, 3.8) is 0 Å². The third-order valence-electron chi connectivity index (χ3n) is 2.81. The zero-order valence-corrected chi connectivity index (χ0v) is 8.26. The van der Waals surface area contributed by atoms with Crippen LogP contribution in [0.15, 0.2) is 23.2 Å². The highest BCUT2D eigenvalue weighted by Gasteiger charge is 2.28. The maximum Gasteiger partial charge on any atom is 0.157 e. The van der Waals surface area contributed by atoms with Crippen molar-refractivity contribution in [2.24, 2.45) is 4.99 Å². The molecular weight excluding hydrogens is 192 g/mol. The number of phenols is 1. The van der Waals surface area contributed by atoms with Crippen LogP contribution in [0.5, 0.6) is 5.75 Å². The van der Waals surface area contributed by atoms with E-state index in [9.17, 15) is 5.11 Å². The van der Waals surface area contributed by atoms with Crippen LogP contribution in [0.1, 0.15) is 17.4 Å². The van der Waals surface area contributed by atoms with Crippen molar-refractivity contribution in [2.75, 3.05) is 13.1 Å². The SMILES string of the molecule is Oc1ccc2c(c1)COC2N1C=NCC1. The van der Waals surface area contributed by atoms with Gasteiger partial charge >= 0.3 is 0 Å². The van der Waals surface area contributed by atoms with E-state index in [1.807, 2.05) is 12.4 Å². The summed E-state index contributed by atoms with van der Waals surface area (Å²) < 4.78 is 5.69. The number of ether oxygens (including phenoxy) is 1. The fourth-order valence-electron chi connectivity index (χ4n) is 2.06. The Kier molecular flexibility index (Phi) is 1.89. The summed E-state index contributed by atoms with van der Waals surface area (Å²) in [4.78, 5) is 6.26. The van der Waals surface area contributed by atoms with Gasteiger partial charge in [-0.3, -0.25) is 4.99 Å². The van der Waals surface area contributed by atoms with E-state index in [0.717, 1.165) is 24.2 Å². The molecule has 1 N–H and O–H groups in total. The number of nitrogens with zero attached hydrogens (tertiary/aromatic N) is 2. The maximum atomic E-state index is 9.35. The average Bonchev–Trinajstić information content (AvgIpc) is 2.82. The average molecular weight is 204 g/mol. The molecule has 2 aliphatic heterocycles. The van der Waals surface area contributed by atoms with Gasteiger partial charge in [-0.2, -0.15) is 0 Å². The van der Waals surface area contributed by atoms with Crippen LogP contribution < -0.4 is 0 Å². The molecule has 0 bridgehead atoms. The first kappa shape index (κ1) is 8.73. The summed E-state index contributed by atoms with van der Waals surface area (Å²) in [6.45, 7) is 2.32. The molecule has 0 amide bonds. The molecule has 78 valence electrons. The number of benzene rings is 1. The van der Waals surface area contributed by atoms with Gasteiger partial charge in [0, 0.05) is 12.1 Å². The summed E-state index contributed by atoms with van der Waals surface area (Å²) in [5.74, 6) is 0.299. The van der Waals surface area contributed by atoms with Gasteiger partial charge in [-0.05, 0) is 17.7 Å². The van der Waals surface area contributed by atoms with Gasteiger partial charge in [0.2, 0.25) is 0 Å². The zero-order valence-electron chi connectivity index (χ0n) is 8.26. The molecule has 2 aliphatic rings. The van der Waals surface area contributed by atoms with Crippen molar-refractivity contribution >= 4 is 6.34 Å². The molecule has 1 unspecified atom stereocenters. The van der Waals surface area contributed by atoms with Crippen LogP contribution in [-0.4, -0.2) is 29.4 Å². The lowest BCUT2D eigenvalue weighted by molar-refractivity contribution is -0.0101. The molecule has 4 nitrogen and oxygen atoms in total. The van der Waals surface area contributed by atoms with Gasteiger partial charge in [-0.15, -0.1) is 0 Å². The van der Waals surface area contributed by atoms with E-state index in [-0.39, 0.29) is 6.23 Å². The van der Waals surface area contributed by atoms with Crippen LogP contribution >= 0.6 is 0 Å². The third-order valence-corrected chi connectivity index (χ3v) is 2.81. The van der Waals surface area contributed by atoms with Gasteiger partial charge < -0.3 is 14.7 Å². The lowest BCUT2D eigenvalue weighted by Crippen LogP contribution is -2.25. The van der Waals surface area contributed by atoms with Crippen molar-refractivity contribution in [1.29, 1.82) is 0 Å². The molecule has 3 rings (SSSR count). The van der Waals surface area contributed by atoms with E-state index in [4.69, 9.17) is 4.74 Å². The molecule has 1 aromatic rings. The van der Waals surface area contributed by atoms with Crippen LogP contribution in [0.4, 0.5) is 0 Å². The summed E-state index contributed by atoms with van der Waals surface area (Å²) >= 11 is 0. The summed E-state index contributed by atoms with van der Waals surface area (Å²) in [6, 6.07) is 5.39. The number of hydrogen-bond acceptors (Lipinski definition) is 4. The van der Waals surface area contributed by atoms with Crippen molar-refractivity contribution in [1.82, 2.24) is 4.90 Å². The fourth-order valence-corrected chi connectivity index (χ4v) is 2.06. The number of aromatic hydroxyl groups is 1. The molecule has 0 aliphatic carbocycles. The lowest BCUT2D eigenvalue weighted by Gasteiger charge is -2.22. The van der Waals surface area contributed by atoms with Gasteiger partial charge in [0.1, 0.15) is 5.75 Å². The molecule has 4 heteroatoms. The molecule has 0 spiro atoms. The Bertz CT molecular complexity index is 417. The topological polar surface area (TPSA) is 45.1 Å². The second-order valence-corrected chi connectivity index (χ2v) is 3.81. The van der Waals surface area contributed by atoms with Gasteiger partial charge in [0.15, 0.2) is 6.23 Å². The Hall–Kier alpha value is -1.55. The van der Waals surface area contributed by atoms with Crippen LogP contribution in [-0.2, 0) is 11.3 Å². The minimum absolute atomic E-state index is 0.0214. The van der Waals surface area contributed by atoms with Gasteiger partial charge in [-0.25, -0.2) is 0 Å². The van der Waals surface area contributed by atoms with E-state index in [2.05, 4.69) is 9.89 Å². The van der Waals surface area contributed by atoms with Crippen molar-refractivity contribution in [3.8, 4) is 5.75 Å². The molecule has 2 heterocycles. The third kappa shape index (κ3) is 1.37. The maximum absolute atomic E-state index is 9.35. The van der Waals surface area contributed by atoms with Crippen LogP contribution in [0.2, 0.25) is 0 Å². The highest BCUT2D eigenvalue weighted by molar-refractivity contribution is 5.58. The molecule has 0 saturated carbocycles. The fraction of sp³-hybridized carbons (Fsp3) is 0.364. The molecular formula is C11H12N2O2. The lowest BCUT2D eigenvalue weighted by atomic mass is 10.1. The molecule has 0 radical (unpaired) electrons. The Labute approximate surface area is 87.8 Å². The first-order valence-corrected chi connectivity index (χ1v) is 5.04. The van der Waals surface area contributed by atoms with E-state index in [0.29, 0.717) is 12.4 Å². The van der Waals surface area contributed by atoms with E-state index in [1.54, 1.807) is 12.1 Å². The van der Waals surface area contributed by atoms with Crippen LogP contribution in [0.25, 0.3) is 0 Å². The Balaban J connectivity index is 1.94. The Morgan fingerprint density at radius 2 is 2.40 bits per heavy atom. The summed E-state index contributed by atoms with van der Waals surface area (Å²) in [5.41, 5.74) is 2.21. The molecule has 1 atom stereocenters. The standard InChI is InChI=1S/C11H12N2O2/c14-9-1-2-10-8(5-9)6-15-11(10)13-4-3-12-7-13/h1-2,5,7,11,14H,3-4,6H2. The second-order valence-electron chi connectivity index (χ2n) is 3.81. The molecule has 0 fully saturated rings. The smallest absolute Gasteiger partial charge is 0.157 e. The largest absolute Gasteiger partial charge is 0.508 e. The second kappa shape index (κ2) is 3.24. The molecule has 0 saturated heterocycles. The van der Waals surface area contributed by atoms with Crippen LogP contribution in [0.3, 0.4) is 0 Å². The van der Waals surface area contributed by atoms with Gasteiger partial charge in [-0.1, -0.05) is 6.07 Å². The van der Waals surface area contributed by atoms with Crippen molar-refractivity contribution in [3.05, 3.63) is 29.3 Å². The highest BCUT2D eigenvalue weighted by atomic mass is 16.5. The minimum Gasteiger partial charge on any atom is -0.508 e. The summed E-state index contributed by atoms with van der Waals surface area (Å²) in [6.07, 6.45) is 1.82. The minimum atomic E-state index is -0.0214. The van der Waals surface area contributed by atoms with Crippen molar-refractivity contribution < 1.29 is 9.84 Å². The molecule has 0 aromatic heterocycles. The Morgan fingerprint density at radius 1 is 1.47 bits per heavy atom. The van der Waals surface area contributed by atoms with E-state index < -0.39 is 0 Å². The molecule has 1 aromatic carbocycles.